The molecule has 118 valence electrons. The first-order chi connectivity index (χ1) is 10.7. The molecule has 1 N–H and O–H groups in total. The van der Waals surface area contributed by atoms with E-state index in [0.29, 0.717) is 24.8 Å². The van der Waals surface area contributed by atoms with Gasteiger partial charge in [-0.25, -0.2) is 9.97 Å². The molecule has 1 amide bonds. The molecule has 0 radical (unpaired) electrons. The number of thiazole rings is 1. The van der Waals surface area contributed by atoms with Crippen molar-refractivity contribution in [3.63, 3.8) is 0 Å². The molecular weight excluding hydrogens is 304 g/mol. The van der Waals surface area contributed by atoms with Crippen LogP contribution in [0, 0.1) is 0 Å². The second-order valence-electron chi connectivity index (χ2n) is 5.11. The first-order valence-electron chi connectivity index (χ1n) is 7.11. The van der Waals surface area contributed by atoms with Crippen molar-refractivity contribution in [1.82, 2.24) is 24.6 Å². The Morgan fingerprint density at radius 3 is 3.27 bits per heavy atom. The third-order valence-electron chi connectivity index (χ3n) is 3.62. The average molecular weight is 322 g/mol. The normalized spacial score (nSPS) is 20.7. The van der Waals surface area contributed by atoms with Gasteiger partial charge in [-0.15, -0.1) is 11.3 Å². The molecule has 3 rings (SSSR count). The Kier molecular flexibility index (Phi) is 4.76. The number of hydrogen-bond donors (Lipinski definition) is 1. The molecule has 0 unspecified atom stereocenters. The van der Waals surface area contributed by atoms with Crippen LogP contribution in [0.3, 0.4) is 0 Å². The molecule has 0 bridgehead atoms. The smallest absolute Gasteiger partial charge is 0.243 e. The number of carbonyl (C=O) groups excluding carboxylic acids is 1. The Hall–Kier alpha value is -1.84. The van der Waals surface area contributed by atoms with Crippen LogP contribution in [0.1, 0.15) is 6.92 Å². The standard InChI is InChI=1S/C13H18N6O2S/c1-10(12(20)17-13-15-2-5-22-13)18-3-4-21-11(6-18)7-19-9-14-8-16-19/h2,5,8-11H,3-4,6-7H2,1H3,(H,15,17,20)/t10-,11+/m0/s1. The van der Waals surface area contributed by atoms with Gasteiger partial charge in [-0.3, -0.25) is 14.4 Å². The van der Waals surface area contributed by atoms with Crippen molar-refractivity contribution in [3.8, 4) is 0 Å². The van der Waals surface area contributed by atoms with Gasteiger partial charge in [0, 0.05) is 24.7 Å². The summed E-state index contributed by atoms with van der Waals surface area (Å²) < 4.78 is 7.49. The summed E-state index contributed by atoms with van der Waals surface area (Å²) in [5, 5.41) is 9.39. The van der Waals surface area contributed by atoms with Crippen LogP contribution < -0.4 is 5.32 Å². The lowest BCUT2D eigenvalue weighted by atomic mass is 10.2. The molecule has 0 saturated carbocycles. The first kappa shape index (κ1) is 15.1. The lowest BCUT2D eigenvalue weighted by molar-refractivity contribution is -0.124. The van der Waals surface area contributed by atoms with Gasteiger partial charge >= 0.3 is 0 Å². The third-order valence-corrected chi connectivity index (χ3v) is 4.31. The van der Waals surface area contributed by atoms with Crippen LogP contribution in [-0.2, 0) is 16.1 Å². The summed E-state index contributed by atoms with van der Waals surface area (Å²) in [7, 11) is 0. The molecule has 1 saturated heterocycles. The van der Waals surface area contributed by atoms with Crippen LogP contribution in [0.2, 0.25) is 0 Å². The van der Waals surface area contributed by atoms with E-state index >= 15 is 0 Å². The summed E-state index contributed by atoms with van der Waals surface area (Å²) in [6.07, 6.45) is 4.85. The molecule has 0 aliphatic carbocycles. The average Bonchev–Trinajstić information content (AvgIpc) is 3.20. The molecule has 1 fully saturated rings. The number of anilines is 1. The van der Waals surface area contributed by atoms with Gasteiger partial charge in [0.05, 0.1) is 25.3 Å². The van der Waals surface area contributed by atoms with Crippen LogP contribution in [0.4, 0.5) is 5.13 Å². The molecule has 1 aliphatic heterocycles. The number of ether oxygens (including phenoxy) is 1. The van der Waals surface area contributed by atoms with Crippen molar-refractivity contribution in [2.75, 3.05) is 25.0 Å². The van der Waals surface area contributed by atoms with E-state index in [2.05, 4.69) is 25.3 Å². The molecule has 1 aliphatic rings. The molecule has 0 spiro atoms. The summed E-state index contributed by atoms with van der Waals surface area (Å²) in [5.74, 6) is -0.0450. The summed E-state index contributed by atoms with van der Waals surface area (Å²) in [5.41, 5.74) is 0. The van der Waals surface area contributed by atoms with Crippen molar-refractivity contribution < 1.29 is 9.53 Å². The monoisotopic (exact) mass is 322 g/mol. The fourth-order valence-electron chi connectivity index (χ4n) is 2.40. The molecule has 2 aromatic heterocycles. The highest BCUT2D eigenvalue weighted by molar-refractivity contribution is 7.13. The van der Waals surface area contributed by atoms with Gasteiger partial charge in [0.1, 0.15) is 12.7 Å². The van der Waals surface area contributed by atoms with Gasteiger partial charge in [0.15, 0.2) is 5.13 Å². The third kappa shape index (κ3) is 3.67. The SMILES string of the molecule is C[C@@H](C(=O)Nc1nccs1)N1CCO[C@@H](Cn2cncn2)C1. The number of nitrogens with zero attached hydrogens (tertiary/aromatic N) is 5. The number of hydrogen-bond acceptors (Lipinski definition) is 7. The van der Waals surface area contributed by atoms with Crippen LogP contribution in [0.15, 0.2) is 24.2 Å². The van der Waals surface area contributed by atoms with E-state index in [9.17, 15) is 4.79 Å². The number of carbonyl (C=O) groups is 1. The van der Waals surface area contributed by atoms with Crippen LogP contribution in [0.25, 0.3) is 0 Å². The van der Waals surface area contributed by atoms with Crippen LogP contribution in [0.5, 0.6) is 0 Å². The summed E-state index contributed by atoms with van der Waals surface area (Å²) in [6.45, 7) is 4.57. The summed E-state index contributed by atoms with van der Waals surface area (Å²) >= 11 is 1.41. The van der Waals surface area contributed by atoms with Crippen molar-refractivity contribution in [1.29, 1.82) is 0 Å². The van der Waals surface area contributed by atoms with Gasteiger partial charge in [-0.05, 0) is 6.92 Å². The Morgan fingerprint density at radius 2 is 2.55 bits per heavy atom. The number of amides is 1. The molecular formula is C13H18N6O2S. The zero-order chi connectivity index (χ0) is 15.4. The fraction of sp³-hybridized carbons (Fsp3) is 0.538. The number of nitrogens with one attached hydrogen (secondary N) is 1. The molecule has 9 heteroatoms. The predicted octanol–water partition coefficient (Wildman–Crippen LogP) is 0.463. The van der Waals surface area contributed by atoms with Gasteiger partial charge in [0.2, 0.25) is 5.91 Å². The quantitative estimate of drug-likeness (QED) is 0.861. The Bertz CT molecular complexity index is 588. The van der Waals surface area contributed by atoms with Crippen molar-refractivity contribution in [3.05, 3.63) is 24.2 Å². The molecule has 8 nitrogen and oxygen atoms in total. The lowest BCUT2D eigenvalue weighted by Crippen LogP contribution is -2.51. The lowest BCUT2D eigenvalue weighted by Gasteiger charge is -2.35. The van der Waals surface area contributed by atoms with Crippen molar-refractivity contribution in [2.45, 2.75) is 25.6 Å². The number of aromatic nitrogens is 4. The van der Waals surface area contributed by atoms with E-state index in [1.54, 1.807) is 17.2 Å². The highest BCUT2D eigenvalue weighted by Crippen LogP contribution is 2.14. The second-order valence-corrected chi connectivity index (χ2v) is 6.00. The maximum atomic E-state index is 12.3. The highest BCUT2D eigenvalue weighted by atomic mass is 32.1. The number of rotatable bonds is 5. The van der Waals surface area contributed by atoms with E-state index in [-0.39, 0.29) is 18.1 Å². The van der Waals surface area contributed by atoms with E-state index in [0.717, 1.165) is 6.54 Å². The molecule has 2 aromatic rings. The minimum atomic E-state index is -0.231. The minimum absolute atomic E-state index is 0.00515. The van der Waals surface area contributed by atoms with Gasteiger partial charge in [-0.1, -0.05) is 0 Å². The predicted molar refractivity (Wildman–Crippen MR) is 81.5 cm³/mol. The topological polar surface area (TPSA) is 85.2 Å². The summed E-state index contributed by atoms with van der Waals surface area (Å²) in [6, 6.07) is -0.231. The Labute approximate surface area is 132 Å². The van der Waals surface area contributed by atoms with E-state index in [1.165, 1.54) is 17.7 Å². The van der Waals surface area contributed by atoms with Crippen molar-refractivity contribution in [2.24, 2.45) is 0 Å². The number of morpholine rings is 1. The van der Waals surface area contributed by atoms with Gasteiger partial charge < -0.3 is 10.1 Å². The minimum Gasteiger partial charge on any atom is -0.374 e. The van der Waals surface area contributed by atoms with Gasteiger partial charge in [-0.2, -0.15) is 5.10 Å². The largest absolute Gasteiger partial charge is 0.374 e. The molecule has 0 aromatic carbocycles. The maximum absolute atomic E-state index is 12.3. The molecule has 3 heterocycles. The van der Waals surface area contributed by atoms with Crippen LogP contribution in [-0.4, -0.2) is 62.4 Å². The Balaban J connectivity index is 1.55. The highest BCUT2D eigenvalue weighted by Gasteiger charge is 2.28. The molecule has 22 heavy (non-hydrogen) atoms. The zero-order valence-electron chi connectivity index (χ0n) is 12.3. The first-order valence-corrected chi connectivity index (χ1v) is 7.99. The second kappa shape index (κ2) is 6.95. The van der Waals surface area contributed by atoms with Gasteiger partial charge in [0.25, 0.3) is 0 Å². The zero-order valence-corrected chi connectivity index (χ0v) is 13.1. The van der Waals surface area contributed by atoms with Crippen LogP contribution >= 0.6 is 11.3 Å². The van der Waals surface area contributed by atoms with E-state index in [1.807, 2.05) is 12.3 Å². The molecule has 2 atom stereocenters. The fourth-order valence-corrected chi connectivity index (χ4v) is 2.93. The maximum Gasteiger partial charge on any atom is 0.243 e. The Morgan fingerprint density at radius 1 is 1.64 bits per heavy atom. The van der Waals surface area contributed by atoms with E-state index < -0.39 is 0 Å². The van der Waals surface area contributed by atoms with Crippen molar-refractivity contribution >= 4 is 22.4 Å². The van der Waals surface area contributed by atoms with E-state index in [4.69, 9.17) is 4.74 Å². The summed E-state index contributed by atoms with van der Waals surface area (Å²) in [4.78, 5) is 22.4.